The molecule has 0 saturated heterocycles. The van der Waals surface area contributed by atoms with Gasteiger partial charge >= 0.3 is 6.18 Å². The molecule has 0 aromatic rings. The van der Waals surface area contributed by atoms with Crippen molar-refractivity contribution in [2.24, 2.45) is 52.3 Å². The van der Waals surface area contributed by atoms with Crippen LogP contribution in [-0.2, 0) is 0 Å². The normalized spacial score (nSPS) is 47.6. The molecule has 1 N–H and O–H groups in total. The summed E-state index contributed by atoms with van der Waals surface area (Å²) in [6.45, 7) is 7.43. The highest BCUT2D eigenvalue weighted by atomic mass is 19.4. The molecule has 0 radical (unpaired) electrons. The van der Waals surface area contributed by atoms with Crippen molar-refractivity contribution in [3.8, 4) is 0 Å². The minimum Gasteiger partial charge on any atom is -0.380 e. The average molecular weight is 497 g/mol. The molecular weight excluding hydrogens is 445 g/mol. The first-order valence-electron chi connectivity index (χ1n) is 15.3. The van der Waals surface area contributed by atoms with E-state index in [1.807, 2.05) is 0 Å². The Hall–Kier alpha value is -0.250. The third-order valence-corrected chi connectivity index (χ3v) is 13.0. The van der Waals surface area contributed by atoms with E-state index in [9.17, 15) is 18.3 Å². The van der Waals surface area contributed by atoms with E-state index in [1.165, 1.54) is 77.0 Å². The molecule has 0 aromatic heterocycles. The van der Waals surface area contributed by atoms with Gasteiger partial charge in [-0.25, -0.2) is 0 Å². The van der Waals surface area contributed by atoms with Crippen molar-refractivity contribution in [3.05, 3.63) is 0 Å². The maximum atomic E-state index is 13.6. The first kappa shape index (κ1) is 26.4. The smallest absolute Gasteiger partial charge is 0.380 e. The molecule has 9 atom stereocenters. The minimum absolute atomic E-state index is 0.0180. The summed E-state index contributed by atoms with van der Waals surface area (Å²) >= 11 is 0. The molecule has 5 aliphatic rings. The van der Waals surface area contributed by atoms with E-state index in [2.05, 4.69) is 20.8 Å². The highest BCUT2D eigenvalue weighted by Gasteiger charge is 2.65. The molecule has 0 heterocycles. The summed E-state index contributed by atoms with van der Waals surface area (Å²) in [5, 5.41) is 10.5. The van der Waals surface area contributed by atoms with E-state index in [4.69, 9.17) is 0 Å². The zero-order chi connectivity index (χ0) is 25.1. The SMILES string of the molecule is C[C@H](CCCC1CCCCC1)[C@H]1CC[C@H]2[C@@H]3CCC4C[C@](O)(C(F)(F)F)CC[C@]4(C)C3CC[C@]12C. The summed E-state index contributed by atoms with van der Waals surface area (Å²) in [5.41, 5.74) is -2.06. The second-order valence-electron chi connectivity index (χ2n) is 14.5. The van der Waals surface area contributed by atoms with E-state index in [0.717, 1.165) is 36.5 Å². The Kier molecular flexibility index (Phi) is 7.15. The van der Waals surface area contributed by atoms with Crippen LogP contribution in [0.3, 0.4) is 0 Å². The molecule has 0 bridgehead atoms. The first-order valence-corrected chi connectivity index (χ1v) is 15.3. The number of fused-ring (bicyclic) bond motifs is 5. The van der Waals surface area contributed by atoms with E-state index in [-0.39, 0.29) is 24.2 Å². The Bertz CT molecular complexity index is 744. The van der Waals surface area contributed by atoms with E-state index >= 15 is 0 Å². The maximum Gasteiger partial charge on any atom is 0.417 e. The lowest BCUT2D eigenvalue weighted by molar-refractivity contribution is -0.290. The molecule has 5 aliphatic carbocycles. The molecule has 202 valence electrons. The van der Waals surface area contributed by atoms with Crippen LogP contribution in [-0.4, -0.2) is 16.9 Å². The van der Waals surface area contributed by atoms with Crippen molar-refractivity contribution in [1.82, 2.24) is 0 Å². The van der Waals surface area contributed by atoms with E-state index < -0.39 is 11.8 Å². The Morgan fingerprint density at radius 1 is 0.829 bits per heavy atom. The summed E-state index contributed by atoms with van der Waals surface area (Å²) in [5.74, 6) is 4.63. The van der Waals surface area contributed by atoms with Crippen LogP contribution in [0.15, 0.2) is 0 Å². The van der Waals surface area contributed by atoms with Gasteiger partial charge in [0.2, 0.25) is 0 Å². The Morgan fingerprint density at radius 2 is 1.54 bits per heavy atom. The van der Waals surface area contributed by atoms with Crippen LogP contribution in [0.4, 0.5) is 13.2 Å². The van der Waals surface area contributed by atoms with Crippen molar-refractivity contribution in [1.29, 1.82) is 0 Å². The number of alkyl halides is 3. The lowest BCUT2D eigenvalue weighted by Crippen LogP contribution is -2.59. The standard InChI is InChI=1S/C31H51F3O/c1-21(8-7-11-22-9-5-4-6-10-22)25-14-15-26-24-13-12-23-20-30(35,31(32,33)34)19-18-28(23,2)27(24)16-17-29(25,26)3/h21-27,35H,4-20H2,1-3H3/t21-,23?,24+,25-,26+,27?,28+,29-,30+/m1/s1. The van der Waals surface area contributed by atoms with Crippen LogP contribution < -0.4 is 0 Å². The van der Waals surface area contributed by atoms with Crippen molar-refractivity contribution in [2.45, 2.75) is 142 Å². The van der Waals surface area contributed by atoms with Gasteiger partial charge in [0.05, 0.1) is 0 Å². The quantitative estimate of drug-likeness (QED) is 0.402. The van der Waals surface area contributed by atoms with Gasteiger partial charge in [0.1, 0.15) is 0 Å². The Morgan fingerprint density at radius 3 is 2.26 bits per heavy atom. The molecular formula is C31H51F3O. The molecule has 0 amide bonds. The predicted octanol–water partition coefficient (Wildman–Crippen LogP) is 9.33. The van der Waals surface area contributed by atoms with Gasteiger partial charge in [0.25, 0.3) is 0 Å². The van der Waals surface area contributed by atoms with E-state index in [0.29, 0.717) is 23.7 Å². The average Bonchev–Trinajstić information content (AvgIpc) is 3.17. The number of hydrogen-bond donors (Lipinski definition) is 1. The summed E-state index contributed by atoms with van der Waals surface area (Å²) in [7, 11) is 0. The van der Waals surface area contributed by atoms with Crippen LogP contribution in [0.1, 0.15) is 130 Å². The van der Waals surface area contributed by atoms with Crippen molar-refractivity contribution < 1.29 is 18.3 Å². The van der Waals surface area contributed by atoms with Gasteiger partial charge in [-0.2, -0.15) is 13.2 Å². The van der Waals surface area contributed by atoms with Gasteiger partial charge in [-0.1, -0.05) is 72.1 Å². The molecule has 5 rings (SSSR count). The van der Waals surface area contributed by atoms with Gasteiger partial charge in [-0.3, -0.25) is 0 Å². The minimum atomic E-state index is -4.50. The monoisotopic (exact) mass is 496 g/mol. The maximum absolute atomic E-state index is 13.6. The zero-order valence-corrected chi connectivity index (χ0v) is 22.6. The van der Waals surface area contributed by atoms with Crippen LogP contribution >= 0.6 is 0 Å². The third kappa shape index (κ3) is 4.52. The molecule has 35 heavy (non-hydrogen) atoms. The topological polar surface area (TPSA) is 20.2 Å². The van der Waals surface area contributed by atoms with Crippen molar-refractivity contribution in [2.75, 3.05) is 0 Å². The molecule has 2 unspecified atom stereocenters. The summed E-state index contributed by atoms with van der Waals surface area (Å²) in [4.78, 5) is 0. The van der Waals surface area contributed by atoms with Crippen LogP contribution in [0.2, 0.25) is 0 Å². The molecule has 0 spiro atoms. The highest BCUT2D eigenvalue weighted by Crippen LogP contribution is 2.69. The van der Waals surface area contributed by atoms with Gasteiger partial charge < -0.3 is 5.11 Å². The summed E-state index contributed by atoms with van der Waals surface area (Å²) in [6.07, 6.45) is 14.5. The highest BCUT2D eigenvalue weighted by molar-refractivity contribution is 5.11. The number of aliphatic hydroxyl groups is 1. The molecule has 0 aliphatic heterocycles. The van der Waals surface area contributed by atoms with E-state index in [1.54, 1.807) is 0 Å². The van der Waals surface area contributed by atoms with Crippen LogP contribution in [0.5, 0.6) is 0 Å². The number of rotatable bonds is 5. The molecule has 4 heteroatoms. The third-order valence-electron chi connectivity index (χ3n) is 13.0. The van der Waals surface area contributed by atoms with Crippen molar-refractivity contribution >= 4 is 0 Å². The summed E-state index contributed by atoms with van der Waals surface area (Å²) < 4.78 is 40.9. The lowest BCUT2D eigenvalue weighted by atomic mass is 9.43. The predicted molar refractivity (Wildman–Crippen MR) is 136 cm³/mol. The Labute approximate surface area is 212 Å². The second kappa shape index (κ2) is 9.49. The fourth-order valence-corrected chi connectivity index (χ4v) is 10.9. The van der Waals surface area contributed by atoms with Gasteiger partial charge in [-0.15, -0.1) is 0 Å². The molecule has 5 saturated carbocycles. The number of hydrogen-bond acceptors (Lipinski definition) is 1. The molecule has 5 fully saturated rings. The fraction of sp³-hybridized carbons (Fsp3) is 1.00. The summed E-state index contributed by atoms with van der Waals surface area (Å²) in [6, 6.07) is 0. The van der Waals surface area contributed by atoms with Gasteiger partial charge in [0, 0.05) is 0 Å². The molecule has 0 aromatic carbocycles. The first-order chi connectivity index (χ1) is 16.5. The largest absolute Gasteiger partial charge is 0.417 e. The van der Waals surface area contributed by atoms with Crippen molar-refractivity contribution in [3.63, 3.8) is 0 Å². The van der Waals surface area contributed by atoms with Crippen LogP contribution in [0, 0.1) is 52.3 Å². The fourth-order valence-electron chi connectivity index (χ4n) is 10.9. The lowest BCUT2D eigenvalue weighted by Gasteiger charge is -2.62. The number of halogens is 3. The second-order valence-corrected chi connectivity index (χ2v) is 14.5. The zero-order valence-electron chi connectivity index (χ0n) is 22.6. The van der Waals surface area contributed by atoms with Gasteiger partial charge in [-0.05, 0) is 110 Å². The van der Waals surface area contributed by atoms with Gasteiger partial charge in [0.15, 0.2) is 5.60 Å². The van der Waals surface area contributed by atoms with Crippen LogP contribution in [0.25, 0.3) is 0 Å². The molecule has 1 nitrogen and oxygen atoms in total. The Balaban J connectivity index is 1.22.